The zero-order chi connectivity index (χ0) is 24.1. The van der Waals surface area contributed by atoms with Crippen LogP contribution in [0.4, 0.5) is 5.69 Å². The lowest BCUT2D eigenvalue weighted by Crippen LogP contribution is -2.51. The average molecular weight is 481 g/mol. The molecule has 8 heteroatoms. The molecule has 0 aliphatic carbocycles. The van der Waals surface area contributed by atoms with Gasteiger partial charge in [0.05, 0.1) is 23.7 Å². The highest BCUT2D eigenvalue weighted by molar-refractivity contribution is 7.92. The molecule has 3 aromatic carbocycles. The van der Waals surface area contributed by atoms with Crippen LogP contribution in [-0.2, 0) is 21.2 Å². The number of carbonyl (C=O) groups excluding carboxylic acids is 1. The lowest BCUT2D eigenvalue weighted by Gasteiger charge is -2.35. The Hall–Kier alpha value is -3.52. The van der Waals surface area contributed by atoms with Crippen molar-refractivity contribution < 1.29 is 22.7 Å². The Morgan fingerprint density at radius 3 is 2.53 bits per heavy atom. The van der Waals surface area contributed by atoms with Crippen LogP contribution in [-0.4, -0.2) is 40.1 Å². The van der Waals surface area contributed by atoms with Gasteiger partial charge < -0.3 is 14.8 Å². The second-order valence-electron chi connectivity index (χ2n) is 8.06. The summed E-state index contributed by atoms with van der Waals surface area (Å²) in [6.07, 6.45) is -0.0335. The van der Waals surface area contributed by atoms with Crippen LogP contribution in [0.15, 0.2) is 77.7 Å². The van der Waals surface area contributed by atoms with Crippen molar-refractivity contribution in [3.63, 3.8) is 0 Å². The highest BCUT2D eigenvalue weighted by Crippen LogP contribution is 2.37. The Bertz CT molecular complexity index is 1240. The molecule has 178 valence electrons. The summed E-state index contributed by atoms with van der Waals surface area (Å²) in [7, 11) is -3.87. The summed E-state index contributed by atoms with van der Waals surface area (Å²) in [6.45, 7) is 4.39. The summed E-state index contributed by atoms with van der Waals surface area (Å²) in [4.78, 5) is 13.0. The van der Waals surface area contributed by atoms with Crippen molar-refractivity contribution in [1.82, 2.24) is 5.32 Å². The normalized spacial score (nSPS) is 15.2. The minimum Gasteiger partial charge on any atom is -0.492 e. The van der Waals surface area contributed by atoms with E-state index < -0.39 is 22.0 Å². The first kappa shape index (κ1) is 23.6. The molecule has 0 spiro atoms. The van der Waals surface area contributed by atoms with E-state index in [-0.39, 0.29) is 24.6 Å². The SMILES string of the molecule is CCc1ccc(OCCNC(=O)[C@H]2CN(S(=O)(=O)c3ccccc3)c3ccc(C)cc3O2)cc1. The van der Waals surface area contributed by atoms with E-state index in [4.69, 9.17) is 9.47 Å². The maximum Gasteiger partial charge on any atom is 0.264 e. The van der Waals surface area contributed by atoms with Crippen molar-refractivity contribution in [2.24, 2.45) is 0 Å². The maximum absolute atomic E-state index is 13.4. The second-order valence-corrected chi connectivity index (χ2v) is 9.93. The number of nitrogens with zero attached hydrogens (tertiary/aromatic N) is 1. The van der Waals surface area contributed by atoms with Gasteiger partial charge in [0.15, 0.2) is 6.10 Å². The van der Waals surface area contributed by atoms with Crippen LogP contribution in [0.25, 0.3) is 0 Å². The van der Waals surface area contributed by atoms with E-state index >= 15 is 0 Å². The summed E-state index contributed by atoms with van der Waals surface area (Å²) in [6, 6.07) is 21.3. The number of fused-ring (bicyclic) bond motifs is 1. The minimum absolute atomic E-state index is 0.127. The van der Waals surface area contributed by atoms with Crippen LogP contribution in [0.2, 0.25) is 0 Å². The van der Waals surface area contributed by atoms with Gasteiger partial charge in [-0.05, 0) is 60.9 Å². The third-order valence-corrected chi connectivity index (χ3v) is 7.40. The van der Waals surface area contributed by atoms with Crippen LogP contribution in [0, 0.1) is 6.92 Å². The largest absolute Gasteiger partial charge is 0.492 e. The van der Waals surface area contributed by atoms with Gasteiger partial charge in [0.2, 0.25) is 0 Å². The van der Waals surface area contributed by atoms with Crippen LogP contribution < -0.4 is 19.1 Å². The molecule has 34 heavy (non-hydrogen) atoms. The molecule has 0 saturated carbocycles. The van der Waals surface area contributed by atoms with E-state index in [9.17, 15) is 13.2 Å². The predicted molar refractivity (Wildman–Crippen MR) is 131 cm³/mol. The van der Waals surface area contributed by atoms with Crippen LogP contribution in [0.5, 0.6) is 11.5 Å². The van der Waals surface area contributed by atoms with Gasteiger partial charge in [0.25, 0.3) is 15.9 Å². The van der Waals surface area contributed by atoms with Crippen molar-refractivity contribution in [2.75, 3.05) is 24.0 Å². The third-order valence-electron chi connectivity index (χ3n) is 5.61. The number of anilines is 1. The van der Waals surface area contributed by atoms with Crippen LogP contribution in [0.1, 0.15) is 18.1 Å². The number of hydrogen-bond donors (Lipinski definition) is 1. The van der Waals surface area contributed by atoms with E-state index in [0.29, 0.717) is 11.4 Å². The minimum atomic E-state index is -3.87. The molecule has 1 heterocycles. The van der Waals surface area contributed by atoms with E-state index in [2.05, 4.69) is 12.2 Å². The molecule has 0 aromatic heterocycles. The van der Waals surface area contributed by atoms with E-state index in [0.717, 1.165) is 17.7 Å². The molecule has 1 atom stereocenters. The highest BCUT2D eigenvalue weighted by Gasteiger charge is 2.37. The Labute approximate surface area is 200 Å². The predicted octanol–water partition coefficient (Wildman–Crippen LogP) is 3.71. The molecule has 1 N–H and O–H groups in total. The number of ether oxygens (including phenoxy) is 2. The topological polar surface area (TPSA) is 84.9 Å². The number of carbonyl (C=O) groups is 1. The molecule has 3 aromatic rings. The number of aryl methyl sites for hydroxylation is 2. The van der Waals surface area contributed by atoms with Crippen LogP contribution in [0.3, 0.4) is 0 Å². The lowest BCUT2D eigenvalue weighted by atomic mass is 10.1. The van der Waals surface area contributed by atoms with Crippen molar-refractivity contribution in [3.8, 4) is 11.5 Å². The fourth-order valence-corrected chi connectivity index (χ4v) is 5.22. The molecule has 1 aliphatic rings. The zero-order valence-corrected chi connectivity index (χ0v) is 20.0. The van der Waals surface area contributed by atoms with Gasteiger partial charge in [-0.1, -0.05) is 43.3 Å². The average Bonchev–Trinajstić information content (AvgIpc) is 2.86. The second kappa shape index (κ2) is 10.2. The van der Waals surface area contributed by atoms with Crippen molar-refractivity contribution in [3.05, 3.63) is 83.9 Å². The summed E-state index contributed by atoms with van der Waals surface area (Å²) in [5.74, 6) is 0.688. The molecule has 4 rings (SSSR count). The summed E-state index contributed by atoms with van der Waals surface area (Å²) < 4.78 is 39.6. The molecule has 0 bridgehead atoms. The van der Waals surface area contributed by atoms with Gasteiger partial charge in [-0.3, -0.25) is 9.10 Å². The molecule has 1 amide bonds. The first-order valence-corrected chi connectivity index (χ1v) is 12.7. The number of hydrogen-bond acceptors (Lipinski definition) is 5. The van der Waals surface area contributed by atoms with Gasteiger partial charge >= 0.3 is 0 Å². The smallest absolute Gasteiger partial charge is 0.264 e. The molecule has 0 radical (unpaired) electrons. The van der Waals surface area contributed by atoms with E-state index in [1.165, 1.54) is 22.0 Å². The van der Waals surface area contributed by atoms with Crippen molar-refractivity contribution in [2.45, 2.75) is 31.3 Å². The van der Waals surface area contributed by atoms with E-state index in [1.807, 2.05) is 37.3 Å². The quantitative estimate of drug-likeness (QED) is 0.497. The van der Waals surface area contributed by atoms with Gasteiger partial charge in [0.1, 0.15) is 18.1 Å². The number of benzene rings is 3. The van der Waals surface area contributed by atoms with E-state index in [1.54, 1.807) is 30.3 Å². The highest BCUT2D eigenvalue weighted by atomic mass is 32.2. The van der Waals surface area contributed by atoms with Crippen molar-refractivity contribution in [1.29, 1.82) is 0 Å². The lowest BCUT2D eigenvalue weighted by molar-refractivity contribution is -0.127. The number of rotatable bonds is 8. The Kier molecular flexibility index (Phi) is 7.07. The van der Waals surface area contributed by atoms with Gasteiger partial charge in [-0.15, -0.1) is 0 Å². The molecular weight excluding hydrogens is 452 g/mol. The zero-order valence-electron chi connectivity index (χ0n) is 19.2. The standard InChI is InChI=1S/C26H28N2O5S/c1-3-20-10-12-21(13-11-20)32-16-15-27-26(29)25-18-28(23-14-9-19(2)17-24(23)33-25)34(30,31)22-7-5-4-6-8-22/h4-14,17,25H,3,15-16,18H2,1-2H3,(H,27,29)/t25-/m1/s1. The molecule has 1 aliphatic heterocycles. The Morgan fingerprint density at radius 2 is 1.82 bits per heavy atom. The molecule has 0 unspecified atom stereocenters. The molecule has 7 nitrogen and oxygen atoms in total. The molecule has 0 fully saturated rings. The van der Waals surface area contributed by atoms with Gasteiger partial charge in [0, 0.05) is 0 Å². The molecule has 0 saturated heterocycles. The maximum atomic E-state index is 13.4. The first-order chi connectivity index (χ1) is 16.4. The Morgan fingerprint density at radius 1 is 1.09 bits per heavy atom. The summed E-state index contributed by atoms with van der Waals surface area (Å²) >= 11 is 0. The van der Waals surface area contributed by atoms with Gasteiger partial charge in [-0.2, -0.15) is 0 Å². The Balaban J connectivity index is 1.45. The van der Waals surface area contributed by atoms with Crippen LogP contribution >= 0.6 is 0 Å². The third kappa shape index (κ3) is 5.17. The number of amides is 1. The molecular formula is C26H28N2O5S. The monoisotopic (exact) mass is 480 g/mol. The van der Waals surface area contributed by atoms with Gasteiger partial charge in [-0.25, -0.2) is 8.42 Å². The fourth-order valence-electron chi connectivity index (χ4n) is 3.72. The first-order valence-electron chi connectivity index (χ1n) is 11.2. The summed E-state index contributed by atoms with van der Waals surface area (Å²) in [5, 5.41) is 2.79. The van der Waals surface area contributed by atoms with Crippen molar-refractivity contribution >= 4 is 21.6 Å². The summed E-state index contributed by atoms with van der Waals surface area (Å²) in [5.41, 5.74) is 2.54. The number of nitrogens with one attached hydrogen (secondary N) is 1. The number of sulfonamides is 1. The fraction of sp³-hybridized carbons (Fsp3) is 0.269.